The van der Waals surface area contributed by atoms with Crippen LogP contribution in [0, 0.1) is 5.41 Å². The Labute approximate surface area is 91.9 Å². The van der Waals surface area contributed by atoms with E-state index in [9.17, 15) is 0 Å². The summed E-state index contributed by atoms with van der Waals surface area (Å²) in [6.45, 7) is 13.0. The Morgan fingerprint density at radius 3 is 0.923 bits per heavy atom. The number of hydrogen-bond acceptors (Lipinski definition) is 0. The van der Waals surface area contributed by atoms with Crippen molar-refractivity contribution in [1.82, 2.24) is 0 Å². The molecule has 0 aromatic rings. The lowest BCUT2D eigenvalue weighted by Crippen LogP contribution is -1.93. The number of hydrogen-bond donors (Lipinski definition) is 0. The molecule has 0 saturated carbocycles. The van der Waals surface area contributed by atoms with Gasteiger partial charge in [-0.1, -0.05) is 48.0 Å². The highest BCUT2D eigenvalue weighted by molar-refractivity contribution is 7.17. The van der Waals surface area contributed by atoms with Crippen LogP contribution in [0.25, 0.3) is 0 Å². The Balaban J connectivity index is -0.0000000446. The van der Waals surface area contributed by atoms with Crippen molar-refractivity contribution in [3.63, 3.8) is 0 Å². The SMILES string of the molecule is CC(C)(C)C.CCC.[B][B].[B][B][B]. The van der Waals surface area contributed by atoms with Crippen molar-refractivity contribution >= 4 is 38.0 Å². The summed E-state index contributed by atoms with van der Waals surface area (Å²) >= 11 is 0. The van der Waals surface area contributed by atoms with E-state index in [-0.39, 0.29) is 0 Å². The third-order valence-electron chi connectivity index (χ3n) is 0. The van der Waals surface area contributed by atoms with Crippen LogP contribution in [0.1, 0.15) is 48.0 Å². The Kier molecular flexibility index (Phi) is 40.8. The summed E-state index contributed by atoms with van der Waals surface area (Å²) in [6.07, 6.45) is 1.25. The van der Waals surface area contributed by atoms with Crippen LogP contribution in [0.4, 0.5) is 0 Å². The first kappa shape index (κ1) is 23.3. The van der Waals surface area contributed by atoms with Crippen LogP contribution in [-0.2, 0) is 0 Å². The molecule has 0 aromatic carbocycles. The largest absolute Gasteiger partial charge is 0.0656 e. The van der Waals surface area contributed by atoms with Crippen molar-refractivity contribution in [3.05, 3.63) is 0 Å². The van der Waals surface area contributed by atoms with Crippen molar-refractivity contribution in [1.29, 1.82) is 0 Å². The van der Waals surface area contributed by atoms with E-state index in [0.29, 0.717) is 5.41 Å². The van der Waals surface area contributed by atoms with Gasteiger partial charge in [0, 0.05) is 38.0 Å². The Morgan fingerprint density at radius 2 is 0.923 bits per heavy atom. The quantitative estimate of drug-likeness (QED) is 0.484. The van der Waals surface area contributed by atoms with Crippen LogP contribution < -0.4 is 0 Å². The zero-order chi connectivity index (χ0) is 11.9. The summed E-state index contributed by atoms with van der Waals surface area (Å²) in [5.41, 5.74) is 0.500. The van der Waals surface area contributed by atoms with Gasteiger partial charge >= 0.3 is 0 Å². The van der Waals surface area contributed by atoms with E-state index < -0.39 is 0 Å². The fraction of sp³-hybridized carbons (Fsp3) is 1.00. The summed E-state index contributed by atoms with van der Waals surface area (Å²) in [5, 5.41) is 0. The molecule has 0 bridgehead atoms. The maximum absolute atomic E-state index is 4.50. The second-order valence-electron chi connectivity index (χ2n) is 3.90. The second-order valence-corrected chi connectivity index (χ2v) is 3.90. The molecule has 0 nitrogen and oxygen atoms in total. The Morgan fingerprint density at radius 1 is 0.923 bits per heavy atom. The minimum atomic E-state index is 0.500. The van der Waals surface area contributed by atoms with Crippen molar-refractivity contribution in [2.24, 2.45) is 5.41 Å². The molecule has 0 fully saturated rings. The maximum Gasteiger partial charge on any atom is 0 e. The molecule has 9 radical (unpaired) electrons. The lowest BCUT2D eigenvalue weighted by atomic mass is 9.40. The van der Waals surface area contributed by atoms with Gasteiger partial charge in [-0.25, -0.2) is 0 Å². The van der Waals surface area contributed by atoms with Gasteiger partial charge in [0.25, 0.3) is 0 Å². The molecule has 0 saturated heterocycles. The Hall–Kier alpha value is 0.325. The summed E-state index contributed by atoms with van der Waals surface area (Å²) < 4.78 is 0. The van der Waals surface area contributed by atoms with Gasteiger partial charge in [-0.05, 0) is 5.41 Å². The average molecular weight is 170 g/mol. The third-order valence-corrected chi connectivity index (χ3v) is 0. The molecule has 0 aromatic heterocycles. The van der Waals surface area contributed by atoms with E-state index in [1.807, 2.05) is 0 Å². The first-order valence-corrected chi connectivity index (χ1v) is 4.41. The van der Waals surface area contributed by atoms with E-state index in [2.05, 4.69) is 72.5 Å². The maximum atomic E-state index is 4.50. The molecule has 5 heteroatoms. The van der Waals surface area contributed by atoms with Crippen LogP contribution >= 0.6 is 0 Å². The van der Waals surface area contributed by atoms with E-state index in [4.69, 9.17) is 0 Å². The molecule has 0 atom stereocenters. The van der Waals surface area contributed by atoms with E-state index in [1.54, 1.807) is 0 Å². The molecule has 0 amide bonds. The molecule has 0 rings (SSSR count). The standard InChI is InChI=1S/C5H12.C3H8.B3.B2/c1-5(2,3)4;2*1-3-2;1-2/h1-4H3;3H2,1-2H3;;. The van der Waals surface area contributed by atoms with Gasteiger partial charge in [-0.2, -0.15) is 0 Å². The zero-order valence-corrected chi connectivity index (χ0v) is 10.1. The molecule has 0 heterocycles. The molecular weight excluding hydrogens is 150 g/mol. The van der Waals surface area contributed by atoms with Crippen molar-refractivity contribution in [2.75, 3.05) is 0 Å². The zero-order valence-electron chi connectivity index (χ0n) is 10.1. The van der Waals surface area contributed by atoms with Crippen LogP contribution in [0.15, 0.2) is 0 Å². The normalized spacial score (nSPS) is 7.23. The van der Waals surface area contributed by atoms with Gasteiger partial charge in [0.15, 0.2) is 0 Å². The van der Waals surface area contributed by atoms with Gasteiger partial charge in [-0.15, -0.1) is 0 Å². The molecule has 0 aliphatic carbocycles. The fourth-order valence-electron chi connectivity index (χ4n) is 0. The summed E-state index contributed by atoms with van der Waals surface area (Å²) in [7, 11) is 18.0. The third kappa shape index (κ3) is 12500. The molecule has 0 spiro atoms. The first-order valence-electron chi connectivity index (χ1n) is 4.41. The highest BCUT2D eigenvalue weighted by Gasteiger charge is 1.95. The average Bonchev–Trinajstić information content (AvgIpc) is 1.90. The molecule has 0 aliphatic rings. The summed E-state index contributed by atoms with van der Waals surface area (Å²) in [5.74, 6) is 0. The molecule has 0 aliphatic heterocycles. The first-order chi connectivity index (χ1) is 5.83. The van der Waals surface area contributed by atoms with Gasteiger partial charge in [-0.3, -0.25) is 0 Å². The molecular formula is C8H20B5. The lowest BCUT2D eigenvalue weighted by molar-refractivity contribution is 0.469. The molecule has 67 valence electrons. The second kappa shape index (κ2) is 22.8. The van der Waals surface area contributed by atoms with Crippen LogP contribution in [0.3, 0.4) is 0 Å². The lowest BCUT2D eigenvalue weighted by Gasteiger charge is -2.05. The number of rotatable bonds is 0. The minimum Gasteiger partial charge on any atom is -0.0656 e. The fourth-order valence-corrected chi connectivity index (χ4v) is 0. The molecule has 13 heavy (non-hydrogen) atoms. The minimum absolute atomic E-state index is 0.500. The van der Waals surface area contributed by atoms with Crippen LogP contribution in [-0.4, -0.2) is 38.0 Å². The van der Waals surface area contributed by atoms with E-state index >= 15 is 0 Å². The highest BCUT2D eigenvalue weighted by Crippen LogP contribution is 2.07. The van der Waals surface area contributed by atoms with Gasteiger partial charge in [0.2, 0.25) is 0 Å². The smallest absolute Gasteiger partial charge is 0 e. The van der Waals surface area contributed by atoms with Gasteiger partial charge in [0.1, 0.15) is 0 Å². The Bertz CT molecular complexity index is 43.0. The van der Waals surface area contributed by atoms with Gasteiger partial charge < -0.3 is 0 Å². The van der Waals surface area contributed by atoms with E-state index in [1.165, 1.54) is 6.42 Å². The van der Waals surface area contributed by atoms with Crippen molar-refractivity contribution in [2.45, 2.75) is 48.0 Å². The predicted octanol–water partition coefficient (Wildman–Crippen LogP) is 1.56. The van der Waals surface area contributed by atoms with Crippen molar-refractivity contribution in [3.8, 4) is 0 Å². The van der Waals surface area contributed by atoms with Gasteiger partial charge in [0.05, 0.1) is 0 Å². The van der Waals surface area contributed by atoms with Crippen LogP contribution in [0.2, 0.25) is 0 Å². The van der Waals surface area contributed by atoms with Crippen LogP contribution in [0.5, 0.6) is 0 Å². The summed E-state index contributed by atoms with van der Waals surface area (Å²) in [6, 6.07) is 0. The predicted molar refractivity (Wildman–Crippen MR) is 69.9 cm³/mol. The van der Waals surface area contributed by atoms with E-state index in [0.717, 1.165) is 7.06 Å². The molecule has 0 unspecified atom stereocenters. The van der Waals surface area contributed by atoms with Crippen molar-refractivity contribution < 1.29 is 0 Å². The highest BCUT2D eigenvalue weighted by atomic mass is 14.0. The summed E-state index contributed by atoms with van der Waals surface area (Å²) in [4.78, 5) is 0. The monoisotopic (exact) mass is 171 g/mol. The molecule has 0 N–H and O–H groups in total. The topological polar surface area (TPSA) is 0 Å².